The number of benzene rings is 3. The van der Waals surface area contributed by atoms with Crippen LogP contribution in [-0.4, -0.2) is 22.6 Å². The Kier molecular flexibility index (Phi) is 5.10. The van der Waals surface area contributed by atoms with E-state index in [0.717, 1.165) is 15.8 Å². The zero-order valence-corrected chi connectivity index (χ0v) is 17.8. The minimum Gasteiger partial charge on any atom is -0.324 e. The van der Waals surface area contributed by atoms with Crippen LogP contribution in [0.2, 0.25) is 5.02 Å². The largest absolute Gasteiger partial charge is 0.324 e. The van der Waals surface area contributed by atoms with Gasteiger partial charge in [0.2, 0.25) is 5.91 Å². The average molecular weight is 446 g/mol. The minimum atomic E-state index is -0.262. The van der Waals surface area contributed by atoms with Crippen LogP contribution in [0.25, 0.3) is 22.2 Å². The molecule has 0 aliphatic carbocycles. The summed E-state index contributed by atoms with van der Waals surface area (Å²) >= 11 is 7.85. The summed E-state index contributed by atoms with van der Waals surface area (Å²) in [6.07, 6.45) is 0. The molecule has 4 aromatic rings. The number of hydrogen-bond acceptors (Lipinski definition) is 4. The smallest absolute Gasteiger partial charge is 0.256 e. The molecule has 1 aromatic heterocycles. The first-order valence-corrected chi connectivity index (χ1v) is 11.0. The topological polar surface area (TPSA) is 71.1 Å². The van der Waals surface area contributed by atoms with E-state index in [4.69, 9.17) is 16.6 Å². The molecule has 0 fully saturated rings. The number of nitrogens with zero attached hydrogens (tertiary/aromatic N) is 1. The molecule has 5 rings (SSSR count). The van der Waals surface area contributed by atoms with E-state index in [1.807, 2.05) is 54.6 Å². The van der Waals surface area contributed by atoms with Gasteiger partial charge in [-0.1, -0.05) is 48.0 Å². The van der Waals surface area contributed by atoms with Crippen molar-refractivity contribution in [2.45, 2.75) is 4.90 Å². The molecule has 7 heteroatoms. The van der Waals surface area contributed by atoms with Crippen LogP contribution in [0.15, 0.2) is 77.7 Å². The number of pyridine rings is 1. The van der Waals surface area contributed by atoms with Gasteiger partial charge in [-0.2, -0.15) is 0 Å². The van der Waals surface area contributed by atoms with Gasteiger partial charge in [-0.15, -0.1) is 11.8 Å². The third kappa shape index (κ3) is 3.87. The highest BCUT2D eigenvalue weighted by Crippen LogP contribution is 2.34. The highest BCUT2D eigenvalue weighted by Gasteiger charge is 2.18. The molecule has 0 radical (unpaired) electrons. The summed E-state index contributed by atoms with van der Waals surface area (Å²) < 4.78 is 0. The van der Waals surface area contributed by atoms with E-state index in [1.54, 1.807) is 18.2 Å². The molecular weight excluding hydrogens is 430 g/mol. The maximum Gasteiger partial charge on any atom is 0.256 e. The van der Waals surface area contributed by atoms with Gasteiger partial charge in [0, 0.05) is 26.6 Å². The number of carbonyl (C=O) groups is 2. The summed E-state index contributed by atoms with van der Waals surface area (Å²) in [6.45, 7) is 0. The van der Waals surface area contributed by atoms with Gasteiger partial charge in [-0.05, 0) is 36.4 Å². The first-order chi connectivity index (χ1) is 15.1. The minimum absolute atomic E-state index is 0.0505. The molecule has 3 aromatic carbocycles. The normalized spacial score (nSPS) is 12.9. The molecular formula is C24H16ClN3O2S. The summed E-state index contributed by atoms with van der Waals surface area (Å²) in [5.41, 5.74) is 3.90. The van der Waals surface area contributed by atoms with Crippen LogP contribution in [-0.2, 0) is 4.79 Å². The van der Waals surface area contributed by atoms with Crippen molar-refractivity contribution in [1.82, 2.24) is 4.98 Å². The second kappa shape index (κ2) is 8.06. The van der Waals surface area contributed by atoms with E-state index in [1.165, 1.54) is 11.8 Å². The average Bonchev–Trinajstić information content (AvgIpc) is 2.78. The molecule has 0 saturated carbocycles. The van der Waals surface area contributed by atoms with E-state index in [-0.39, 0.29) is 11.8 Å². The number of thioether (sulfide) groups is 1. The van der Waals surface area contributed by atoms with Crippen molar-refractivity contribution in [3.63, 3.8) is 0 Å². The predicted molar refractivity (Wildman–Crippen MR) is 126 cm³/mol. The number of fused-ring (bicyclic) bond motifs is 2. The SMILES string of the molecule is O=C1CSc2ccc(NC(=O)c3cc(-c4ccccc4Cl)nc4ccccc34)cc2N1. The van der Waals surface area contributed by atoms with Crippen molar-refractivity contribution >= 4 is 57.5 Å². The van der Waals surface area contributed by atoms with Crippen LogP contribution in [0.1, 0.15) is 10.4 Å². The summed E-state index contributed by atoms with van der Waals surface area (Å²) in [5.74, 6) is 0.0825. The summed E-state index contributed by atoms with van der Waals surface area (Å²) in [5, 5.41) is 7.11. The van der Waals surface area contributed by atoms with Crippen LogP contribution in [0.3, 0.4) is 0 Å². The van der Waals surface area contributed by atoms with E-state index >= 15 is 0 Å². The molecule has 152 valence electrons. The summed E-state index contributed by atoms with van der Waals surface area (Å²) in [6, 6.07) is 22.2. The molecule has 2 amide bonds. The lowest BCUT2D eigenvalue weighted by Gasteiger charge is -2.17. The lowest BCUT2D eigenvalue weighted by Crippen LogP contribution is -2.19. The fourth-order valence-electron chi connectivity index (χ4n) is 3.53. The third-order valence-corrected chi connectivity index (χ3v) is 6.38. The van der Waals surface area contributed by atoms with Crippen LogP contribution in [0.5, 0.6) is 0 Å². The maximum absolute atomic E-state index is 13.3. The van der Waals surface area contributed by atoms with Crippen LogP contribution in [0, 0.1) is 0 Å². The molecule has 0 unspecified atom stereocenters. The first kappa shape index (κ1) is 19.6. The zero-order chi connectivity index (χ0) is 21.4. The quantitative estimate of drug-likeness (QED) is 0.415. The van der Waals surface area contributed by atoms with Crippen LogP contribution in [0.4, 0.5) is 11.4 Å². The Morgan fingerprint density at radius 1 is 1.03 bits per heavy atom. The Morgan fingerprint density at radius 3 is 2.71 bits per heavy atom. The van der Waals surface area contributed by atoms with E-state index in [0.29, 0.717) is 38.9 Å². The number of carbonyl (C=O) groups excluding carboxylic acids is 2. The fourth-order valence-corrected chi connectivity index (χ4v) is 4.55. The molecule has 2 N–H and O–H groups in total. The van der Waals surface area contributed by atoms with Crippen molar-refractivity contribution in [3.8, 4) is 11.3 Å². The molecule has 1 aliphatic heterocycles. The number of amides is 2. The molecule has 5 nitrogen and oxygen atoms in total. The molecule has 2 heterocycles. The molecule has 0 atom stereocenters. The maximum atomic E-state index is 13.3. The Bertz CT molecular complexity index is 1360. The third-order valence-electron chi connectivity index (χ3n) is 4.98. The number of para-hydroxylation sites is 1. The molecule has 0 saturated heterocycles. The van der Waals surface area contributed by atoms with E-state index in [9.17, 15) is 9.59 Å². The number of anilines is 2. The van der Waals surface area contributed by atoms with Crippen molar-refractivity contribution in [2.24, 2.45) is 0 Å². The van der Waals surface area contributed by atoms with E-state index in [2.05, 4.69) is 10.6 Å². The van der Waals surface area contributed by atoms with Crippen molar-refractivity contribution in [2.75, 3.05) is 16.4 Å². The van der Waals surface area contributed by atoms with Gasteiger partial charge in [-0.25, -0.2) is 4.98 Å². The number of hydrogen-bond donors (Lipinski definition) is 2. The Morgan fingerprint density at radius 2 is 1.84 bits per heavy atom. The highest BCUT2D eigenvalue weighted by molar-refractivity contribution is 8.00. The number of aromatic nitrogens is 1. The Labute approximate surface area is 187 Å². The molecule has 0 bridgehead atoms. The second-order valence-electron chi connectivity index (χ2n) is 7.05. The monoisotopic (exact) mass is 445 g/mol. The van der Waals surface area contributed by atoms with Crippen LogP contribution >= 0.6 is 23.4 Å². The summed E-state index contributed by atoms with van der Waals surface area (Å²) in [7, 11) is 0. The standard InChI is InChI=1S/C24H16ClN3O2S/c25-18-7-3-1-6-16(18)20-12-17(15-5-2-4-8-19(15)27-20)24(30)26-14-9-10-22-21(11-14)28-23(29)13-31-22/h1-12H,13H2,(H,26,30)(H,28,29). The second-order valence-corrected chi connectivity index (χ2v) is 8.48. The van der Waals surface area contributed by atoms with Crippen LogP contribution < -0.4 is 10.6 Å². The predicted octanol–water partition coefficient (Wildman–Crippen LogP) is 5.85. The molecule has 1 aliphatic rings. The number of rotatable bonds is 3. The van der Waals surface area contributed by atoms with Crippen molar-refractivity contribution in [1.29, 1.82) is 0 Å². The lowest BCUT2D eigenvalue weighted by atomic mass is 10.0. The zero-order valence-electron chi connectivity index (χ0n) is 16.2. The van der Waals surface area contributed by atoms with Gasteiger partial charge in [0.25, 0.3) is 5.91 Å². The van der Waals surface area contributed by atoms with Crippen molar-refractivity contribution < 1.29 is 9.59 Å². The number of nitrogens with one attached hydrogen (secondary N) is 2. The molecule has 0 spiro atoms. The summed E-state index contributed by atoms with van der Waals surface area (Å²) in [4.78, 5) is 30.6. The Balaban J connectivity index is 1.55. The Hall–Kier alpha value is -3.35. The van der Waals surface area contributed by atoms with Gasteiger partial charge in [-0.3, -0.25) is 9.59 Å². The highest BCUT2D eigenvalue weighted by atomic mass is 35.5. The van der Waals surface area contributed by atoms with Gasteiger partial charge < -0.3 is 10.6 Å². The fraction of sp³-hybridized carbons (Fsp3) is 0.0417. The van der Waals surface area contributed by atoms with Gasteiger partial charge in [0.15, 0.2) is 0 Å². The van der Waals surface area contributed by atoms with Gasteiger partial charge in [0.1, 0.15) is 0 Å². The molecule has 31 heavy (non-hydrogen) atoms. The van der Waals surface area contributed by atoms with E-state index < -0.39 is 0 Å². The van der Waals surface area contributed by atoms with Gasteiger partial charge in [0.05, 0.1) is 28.2 Å². The first-order valence-electron chi connectivity index (χ1n) is 9.61. The van der Waals surface area contributed by atoms with Crippen molar-refractivity contribution in [3.05, 3.63) is 83.4 Å². The lowest BCUT2D eigenvalue weighted by molar-refractivity contribution is -0.113. The van der Waals surface area contributed by atoms with Gasteiger partial charge >= 0.3 is 0 Å². The number of halogens is 1.